The van der Waals surface area contributed by atoms with E-state index >= 15 is 0 Å². The molecule has 0 aromatic heterocycles. The summed E-state index contributed by atoms with van der Waals surface area (Å²) < 4.78 is 4.50. The maximum absolute atomic E-state index is 10.8. The first-order valence-corrected chi connectivity index (χ1v) is 6.02. The molecular formula is C13H27NO2. The highest BCUT2D eigenvalue weighted by Gasteiger charge is 2.31. The third-order valence-electron chi connectivity index (χ3n) is 3.71. The molecule has 0 aliphatic rings. The first-order valence-electron chi connectivity index (χ1n) is 6.02. The summed E-state index contributed by atoms with van der Waals surface area (Å²) in [5.41, 5.74) is 0.654. The quantitative estimate of drug-likeness (QED) is 0.732. The zero-order chi connectivity index (χ0) is 12.8. The molecule has 1 amide bonds. The van der Waals surface area contributed by atoms with Crippen LogP contribution >= 0.6 is 0 Å². The Morgan fingerprint density at radius 2 is 1.69 bits per heavy atom. The van der Waals surface area contributed by atoms with Gasteiger partial charge in [-0.15, -0.1) is 0 Å². The van der Waals surface area contributed by atoms with Crippen molar-refractivity contribution in [1.29, 1.82) is 0 Å². The second-order valence-corrected chi connectivity index (χ2v) is 6.01. The van der Waals surface area contributed by atoms with E-state index in [1.54, 1.807) is 0 Å². The first-order chi connectivity index (χ1) is 7.20. The van der Waals surface area contributed by atoms with E-state index in [-0.39, 0.29) is 6.09 Å². The second-order valence-electron chi connectivity index (χ2n) is 6.01. The van der Waals surface area contributed by atoms with Gasteiger partial charge in [0.15, 0.2) is 0 Å². The van der Waals surface area contributed by atoms with Gasteiger partial charge < -0.3 is 10.1 Å². The van der Waals surface area contributed by atoms with E-state index in [4.69, 9.17) is 0 Å². The third kappa shape index (κ3) is 5.38. The van der Waals surface area contributed by atoms with Crippen LogP contribution in [0.2, 0.25) is 0 Å². The molecule has 96 valence electrons. The Balaban J connectivity index is 3.71. The smallest absolute Gasteiger partial charge is 0.406 e. The van der Waals surface area contributed by atoms with Crippen molar-refractivity contribution >= 4 is 6.09 Å². The van der Waals surface area contributed by atoms with Crippen molar-refractivity contribution in [3.8, 4) is 0 Å². The standard InChI is InChI=1S/C13H27NO2/c1-12(2,3)13(4,5)9-7-8-10-14-11(15)16-6/h7-10H2,1-6H3,(H,14,15). The number of alkyl carbamates (subject to hydrolysis) is 1. The highest BCUT2D eigenvalue weighted by Crippen LogP contribution is 2.41. The van der Waals surface area contributed by atoms with E-state index in [9.17, 15) is 4.79 Å². The van der Waals surface area contributed by atoms with Gasteiger partial charge in [-0.05, 0) is 23.7 Å². The number of unbranched alkanes of at least 4 members (excludes halogenated alkanes) is 1. The van der Waals surface area contributed by atoms with Crippen LogP contribution in [0.3, 0.4) is 0 Å². The van der Waals surface area contributed by atoms with Gasteiger partial charge in [-0.2, -0.15) is 0 Å². The molecule has 0 unspecified atom stereocenters. The molecule has 0 radical (unpaired) electrons. The Labute approximate surface area is 99.9 Å². The van der Waals surface area contributed by atoms with Crippen molar-refractivity contribution in [2.24, 2.45) is 10.8 Å². The summed E-state index contributed by atoms with van der Waals surface area (Å²) in [6, 6.07) is 0. The lowest BCUT2D eigenvalue weighted by molar-refractivity contribution is 0.115. The summed E-state index contributed by atoms with van der Waals surface area (Å²) >= 11 is 0. The van der Waals surface area contributed by atoms with Gasteiger partial charge in [0.25, 0.3) is 0 Å². The molecule has 1 N–H and O–H groups in total. The number of ether oxygens (including phenoxy) is 1. The highest BCUT2D eigenvalue weighted by atomic mass is 16.5. The molecule has 0 saturated carbocycles. The lowest BCUT2D eigenvalue weighted by Crippen LogP contribution is -2.30. The molecule has 0 rings (SSSR count). The molecule has 0 atom stereocenters. The molecule has 0 fully saturated rings. The Bertz CT molecular complexity index is 216. The number of amides is 1. The van der Waals surface area contributed by atoms with Crippen LogP contribution in [-0.4, -0.2) is 19.7 Å². The van der Waals surface area contributed by atoms with Gasteiger partial charge >= 0.3 is 6.09 Å². The van der Waals surface area contributed by atoms with E-state index in [2.05, 4.69) is 44.7 Å². The Kier molecular flexibility index (Phi) is 5.84. The van der Waals surface area contributed by atoms with Crippen LogP contribution in [0.5, 0.6) is 0 Å². The maximum atomic E-state index is 10.8. The van der Waals surface area contributed by atoms with Crippen LogP contribution < -0.4 is 5.32 Å². The van der Waals surface area contributed by atoms with Gasteiger partial charge in [-0.25, -0.2) is 4.79 Å². The summed E-state index contributed by atoms with van der Waals surface area (Å²) in [6.07, 6.45) is 2.98. The highest BCUT2D eigenvalue weighted by molar-refractivity contribution is 5.66. The number of hydrogen-bond donors (Lipinski definition) is 1. The third-order valence-corrected chi connectivity index (χ3v) is 3.71. The summed E-state index contributed by atoms with van der Waals surface area (Å²) in [7, 11) is 1.39. The molecule has 0 aliphatic carbocycles. The van der Waals surface area contributed by atoms with Gasteiger partial charge in [0.2, 0.25) is 0 Å². The predicted octanol–water partition coefficient (Wildman–Crippen LogP) is 3.59. The zero-order valence-electron chi connectivity index (χ0n) is 11.6. The minimum Gasteiger partial charge on any atom is -0.453 e. The van der Waals surface area contributed by atoms with Crippen LogP contribution in [0.15, 0.2) is 0 Å². The molecule has 3 nitrogen and oxygen atoms in total. The lowest BCUT2D eigenvalue weighted by atomic mass is 9.67. The summed E-state index contributed by atoms with van der Waals surface area (Å²) in [5, 5.41) is 2.70. The van der Waals surface area contributed by atoms with E-state index < -0.39 is 0 Å². The van der Waals surface area contributed by atoms with Crippen LogP contribution in [0.1, 0.15) is 53.9 Å². The van der Waals surface area contributed by atoms with E-state index in [1.807, 2.05) is 0 Å². The summed E-state index contributed by atoms with van der Waals surface area (Å²) in [4.78, 5) is 10.8. The molecule has 0 spiro atoms. The Morgan fingerprint density at radius 1 is 1.12 bits per heavy atom. The molecule has 3 heteroatoms. The van der Waals surface area contributed by atoms with Crippen molar-refractivity contribution in [2.45, 2.75) is 53.9 Å². The largest absolute Gasteiger partial charge is 0.453 e. The second kappa shape index (κ2) is 6.12. The number of methoxy groups -OCH3 is 1. The molecule has 0 saturated heterocycles. The molecule has 0 aromatic rings. The zero-order valence-corrected chi connectivity index (χ0v) is 11.6. The molecular weight excluding hydrogens is 202 g/mol. The van der Waals surface area contributed by atoms with Crippen LogP contribution in [0, 0.1) is 10.8 Å². The van der Waals surface area contributed by atoms with Crippen LogP contribution in [-0.2, 0) is 4.74 Å². The monoisotopic (exact) mass is 229 g/mol. The van der Waals surface area contributed by atoms with E-state index in [1.165, 1.54) is 13.5 Å². The number of hydrogen-bond acceptors (Lipinski definition) is 2. The van der Waals surface area contributed by atoms with Crippen LogP contribution in [0.4, 0.5) is 4.79 Å². The van der Waals surface area contributed by atoms with Gasteiger partial charge in [0.1, 0.15) is 0 Å². The van der Waals surface area contributed by atoms with Crippen molar-refractivity contribution in [3.05, 3.63) is 0 Å². The topological polar surface area (TPSA) is 38.3 Å². The molecule has 0 aromatic carbocycles. The van der Waals surface area contributed by atoms with Gasteiger partial charge in [-0.3, -0.25) is 0 Å². The Hall–Kier alpha value is -0.730. The molecule has 0 aliphatic heterocycles. The Morgan fingerprint density at radius 3 is 2.12 bits per heavy atom. The van der Waals surface area contributed by atoms with E-state index in [0.717, 1.165) is 12.8 Å². The summed E-state index contributed by atoms with van der Waals surface area (Å²) in [5.74, 6) is 0. The SMILES string of the molecule is COC(=O)NCCCCC(C)(C)C(C)(C)C. The number of carbonyl (C=O) groups excluding carboxylic acids is 1. The van der Waals surface area contributed by atoms with Crippen molar-refractivity contribution in [1.82, 2.24) is 5.32 Å². The fraction of sp³-hybridized carbons (Fsp3) is 0.923. The number of carbonyl (C=O) groups is 1. The van der Waals surface area contributed by atoms with Gasteiger partial charge in [0.05, 0.1) is 7.11 Å². The molecule has 0 heterocycles. The van der Waals surface area contributed by atoms with Crippen molar-refractivity contribution in [3.63, 3.8) is 0 Å². The summed E-state index contributed by atoms with van der Waals surface area (Å²) in [6.45, 7) is 12.1. The van der Waals surface area contributed by atoms with Gasteiger partial charge in [0, 0.05) is 6.54 Å². The predicted molar refractivity (Wildman–Crippen MR) is 67.5 cm³/mol. The number of rotatable bonds is 5. The molecule has 0 bridgehead atoms. The van der Waals surface area contributed by atoms with Crippen LogP contribution in [0.25, 0.3) is 0 Å². The minimum atomic E-state index is -0.338. The van der Waals surface area contributed by atoms with Gasteiger partial charge in [-0.1, -0.05) is 41.0 Å². The molecule has 16 heavy (non-hydrogen) atoms. The van der Waals surface area contributed by atoms with Crippen molar-refractivity contribution < 1.29 is 9.53 Å². The fourth-order valence-electron chi connectivity index (χ4n) is 1.33. The average Bonchev–Trinajstić information content (AvgIpc) is 2.15. The minimum absolute atomic E-state index is 0.322. The fourth-order valence-corrected chi connectivity index (χ4v) is 1.33. The van der Waals surface area contributed by atoms with E-state index in [0.29, 0.717) is 17.4 Å². The first kappa shape index (κ1) is 15.3. The average molecular weight is 229 g/mol. The lowest BCUT2D eigenvalue weighted by Gasteiger charge is -2.39. The normalized spacial score (nSPS) is 12.4. The van der Waals surface area contributed by atoms with Crippen molar-refractivity contribution in [2.75, 3.05) is 13.7 Å². The maximum Gasteiger partial charge on any atom is 0.406 e. The number of nitrogens with one attached hydrogen (secondary N) is 1.